The van der Waals surface area contributed by atoms with Crippen LogP contribution in [0.15, 0.2) is 120 Å². The molecule has 2 atom stereocenters. The van der Waals surface area contributed by atoms with Crippen LogP contribution in [0.25, 0.3) is 33.4 Å². The van der Waals surface area contributed by atoms with Crippen molar-refractivity contribution in [2.24, 2.45) is 0 Å². The van der Waals surface area contributed by atoms with Gasteiger partial charge in [0, 0.05) is 41.7 Å². The number of aromatic nitrogens is 1. The monoisotopic (exact) mass is 670 g/mol. The number of carbonyl (C=O) groups excluding carboxylic acids is 1. The van der Waals surface area contributed by atoms with Gasteiger partial charge < -0.3 is 23.8 Å². The molecule has 0 aliphatic carbocycles. The maximum absolute atomic E-state index is 14.4. The SMILES string of the molecule is CC(C)c1c(C(=O)Nc2ccccc2)c(-c2ccccc2)c(-c2ccc(F)cc2)n1CC[C@@H]1C[C@H](Cc2cc3ccccc3o2)OC(C)(C)O1. The van der Waals surface area contributed by atoms with Crippen LogP contribution in [0.1, 0.15) is 68.3 Å². The molecule has 0 radical (unpaired) electrons. The van der Waals surface area contributed by atoms with E-state index in [9.17, 15) is 9.18 Å². The third-order valence-electron chi connectivity index (χ3n) is 9.30. The van der Waals surface area contributed by atoms with Crippen molar-refractivity contribution >= 4 is 22.6 Å². The summed E-state index contributed by atoms with van der Waals surface area (Å²) in [4.78, 5) is 14.4. The molecule has 6 aromatic rings. The summed E-state index contributed by atoms with van der Waals surface area (Å²) in [6.07, 6.45) is 1.81. The largest absolute Gasteiger partial charge is 0.461 e. The molecule has 1 amide bonds. The minimum atomic E-state index is -0.785. The smallest absolute Gasteiger partial charge is 0.258 e. The minimum absolute atomic E-state index is 0.00364. The number of hydrogen-bond donors (Lipinski definition) is 1. The van der Waals surface area contributed by atoms with E-state index in [0.29, 0.717) is 31.4 Å². The van der Waals surface area contributed by atoms with E-state index in [0.717, 1.165) is 50.5 Å². The average Bonchev–Trinajstić information content (AvgIpc) is 3.67. The van der Waals surface area contributed by atoms with E-state index in [4.69, 9.17) is 13.9 Å². The third kappa shape index (κ3) is 7.16. The molecule has 3 heterocycles. The predicted octanol–water partition coefficient (Wildman–Crippen LogP) is 10.6. The van der Waals surface area contributed by atoms with E-state index >= 15 is 0 Å². The van der Waals surface area contributed by atoms with Gasteiger partial charge in [0.2, 0.25) is 0 Å². The van der Waals surface area contributed by atoms with E-state index in [2.05, 4.69) is 35.9 Å². The molecule has 1 aliphatic rings. The van der Waals surface area contributed by atoms with Gasteiger partial charge in [-0.05, 0) is 85.8 Å². The number of nitrogens with zero attached hydrogens (tertiary/aromatic N) is 1. The van der Waals surface area contributed by atoms with Gasteiger partial charge in [-0.2, -0.15) is 0 Å². The van der Waals surface area contributed by atoms with Crippen LogP contribution < -0.4 is 5.32 Å². The molecule has 256 valence electrons. The average molecular weight is 671 g/mol. The van der Waals surface area contributed by atoms with Gasteiger partial charge >= 0.3 is 0 Å². The summed E-state index contributed by atoms with van der Waals surface area (Å²) in [7, 11) is 0. The highest BCUT2D eigenvalue weighted by Gasteiger charge is 2.37. The van der Waals surface area contributed by atoms with Crippen molar-refractivity contribution in [1.82, 2.24) is 4.57 Å². The maximum atomic E-state index is 14.4. The van der Waals surface area contributed by atoms with Crippen LogP contribution in [0.2, 0.25) is 0 Å². The zero-order valence-electron chi connectivity index (χ0n) is 29.0. The third-order valence-corrected chi connectivity index (χ3v) is 9.30. The molecule has 0 bridgehead atoms. The van der Waals surface area contributed by atoms with Crippen molar-refractivity contribution in [3.05, 3.63) is 138 Å². The first-order valence-electron chi connectivity index (χ1n) is 17.4. The fraction of sp³-hybridized carbons (Fsp3) is 0.279. The minimum Gasteiger partial charge on any atom is -0.461 e. The van der Waals surface area contributed by atoms with E-state index < -0.39 is 5.79 Å². The number of nitrogens with one attached hydrogen (secondary N) is 1. The van der Waals surface area contributed by atoms with Gasteiger partial charge in [0.1, 0.15) is 17.2 Å². The number of rotatable bonds is 10. The first kappa shape index (κ1) is 33.5. The first-order chi connectivity index (χ1) is 24.1. The summed E-state index contributed by atoms with van der Waals surface area (Å²) in [5.41, 5.74) is 6.58. The van der Waals surface area contributed by atoms with E-state index in [1.807, 2.05) is 92.7 Å². The molecule has 6 nitrogen and oxygen atoms in total. The standard InChI is InChI=1S/C43H43FN2O4/c1-28(2)40-39(42(47)45-33-16-9-6-10-17-33)38(29-13-7-5-8-14-29)41(30-19-21-32(44)22-20-30)46(40)24-23-34-26-36(50-43(3,4)49-34)27-35-25-31-15-11-12-18-37(31)48-35/h5-22,25,28,34,36H,23-24,26-27H2,1-4H3,(H,45,47)/t34-,36-/m1/s1. The van der Waals surface area contributed by atoms with Gasteiger partial charge in [0.15, 0.2) is 5.79 Å². The van der Waals surface area contributed by atoms with Gasteiger partial charge in [-0.1, -0.05) is 80.6 Å². The lowest BCUT2D eigenvalue weighted by Crippen LogP contribution is -2.45. The Bertz CT molecular complexity index is 2050. The van der Waals surface area contributed by atoms with Crippen molar-refractivity contribution in [1.29, 1.82) is 0 Å². The maximum Gasteiger partial charge on any atom is 0.258 e. The topological polar surface area (TPSA) is 65.6 Å². The fourth-order valence-corrected chi connectivity index (χ4v) is 7.36. The summed E-state index contributed by atoms with van der Waals surface area (Å²) in [5, 5.41) is 4.23. The van der Waals surface area contributed by atoms with Crippen LogP contribution in [0.5, 0.6) is 0 Å². The second kappa shape index (κ2) is 14.1. The summed E-state index contributed by atoms with van der Waals surface area (Å²) in [5.74, 6) is -0.397. The second-order valence-electron chi connectivity index (χ2n) is 13.8. The fourth-order valence-electron chi connectivity index (χ4n) is 7.36. The Morgan fingerprint density at radius 3 is 2.22 bits per heavy atom. The lowest BCUT2D eigenvalue weighted by atomic mass is 9.94. The van der Waals surface area contributed by atoms with Crippen LogP contribution in [-0.4, -0.2) is 28.5 Å². The molecule has 2 aromatic heterocycles. The zero-order valence-corrected chi connectivity index (χ0v) is 29.0. The summed E-state index contributed by atoms with van der Waals surface area (Å²) in [6, 6.07) is 36.2. The summed E-state index contributed by atoms with van der Waals surface area (Å²) < 4.78 is 35.7. The van der Waals surface area contributed by atoms with E-state index in [1.165, 1.54) is 12.1 Å². The quantitative estimate of drug-likeness (QED) is 0.158. The van der Waals surface area contributed by atoms with Crippen molar-refractivity contribution in [3.63, 3.8) is 0 Å². The molecule has 1 saturated heterocycles. The molecule has 0 saturated carbocycles. The molecule has 7 heteroatoms. The molecule has 7 rings (SSSR count). The predicted molar refractivity (Wildman–Crippen MR) is 197 cm³/mol. The number of fused-ring (bicyclic) bond motifs is 1. The molecule has 0 unspecified atom stereocenters. The van der Waals surface area contributed by atoms with Crippen molar-refractivity contribution in [2.45, 2.75) is 77.4 Å². The number of halogens is 1. The summed E-state index contributed by atoms with van der Waals surface area (Å²) in [6.45, 7) is 8.74. The Morgan fingerprint density at radius 1 is 0.860 bits per heavy atom. The molecule has 1 N–H and O–H groups in total. The highest BCUT2D eigenvalue weighted by atomic mass is 19.1. The molecular weight excluding hydrogens is 627 g/mol. The van der Waals surface area contributed by atoms with Gasteiger partial charge in [-0.15, -0.1) is 0 Å². The Hall–Kier alpha value is -4.98. The number of hydrogen-bond acceptors (Lipinski definition) is 4. The Kier molecular flexibility index (Phi) is 9.45. The number of benzene rings is 4. The number of carbonyl (C=O) groups is 1. The molecule has 4 aromatic carbocycles. The number of para-hydroxylation sites is 2. The lowest BCUT2D eigenvalue weighted by molar-refractivity contribution is -0.300. The van der Waals surface area contributed by atoms with Crippen LogP contribution in [0.3, 0.4) is 0 Å². The van der Waals surface area contributed by atoms with Crippen molar-refractivity contribution < 1.29 is 23.1 Å². The Morgan fingerprint density at radius 2 is 1.52 bits per heavy atom. The van der Waals surface area contributed by atoms with Crippen molar-refractivity contribution in [2.75, 3.05) is 5.32 Å². The number of furan rings is 1. The van der Waals surface area contributed by atoms with Gasteiger partial charge in [0.05, 0.1) is 23.5 Å². The second-order valence-corrected chi connectivity index (χ2v) is 13.8. The lowest BCUT2D eigenvalue weighted by Gasteiger charge is -2.41. The van der Waals surface area contributed by atoms with E-state index in [1.54, 1.807) is 12.1 Å². The van der Waals surface area contributed by atoms with Crippen molar-refractivity contribution in [3.8, 4) is 22.4 Å². The van der Waals surface area contributed by atoms with Crippen LogP contribution >= 0.6 is 0 Å². The highest BCUT2D eigenvalue weighted by Crippen LogP contribution is 2.43. The normalized spacial score (nSPS) is 17.3. The zero-order chi connectivity index (χ0) is 34.8. The van der Waals surface area contributed by atoms with Crippen LogP contribution in [0.4, 0.5) is 10.1 Å². The molecular formula is C43H43FN2O4. The van der Waals surface area contributed by atoms with Gasteiger partial charge in [-0.25, -0.2) is 4.39 Å². The number of anilines is 1. The Labute approximate surface area is 292 Å². The van der Waals surface area contributed by atoms with Gasteiger partial charge in [-0.3, -0.25) is 4.79 Å². The molecule has 1 aliphatic heterocycles. The first-order valence-corrected chi connectivity index (χ1v) is 17.4. The van der Waals surface area contributed by atoms with Crippen LogP contribution in [-0.2, 0) is 22.4 Å². The number of ether oxygens (including phenoxy) is 2. The molecule has 0 spiro atoms. The number of amides is 1. The summed E-state index contributed by atoms with van der Waals surface area (Å²) >= 11 is 0. The van der Waals surface area contributed by atoms with Crippen LogP contribution in [0, 0.1) is 5.82 Å². The van der Waals surface area contributed by atoms with Gasteiger partial charge in [0.25, 0.3) is 5.91 Å². The molecule has 1 fully saturated rings. The Balaban J connectivity index is 1.28. The molecule has 50 heavy (non-hydrogen) atoms. The highest BCUT2D eigenvalue weighted by molar-refractivity contribution is 6.12. The van der Waals surface area contributed by atoms with E-state index in [-0.39, 0.29) is 29.9 Å².